The quantitative estimate of drug-likeness (QED) is 0.798. The van der Waals surface area contributed by atoms with Crippen LogP contribution in [0, 0.1) is 0 Å². The molecule has 0 spiro atoms. The van der Waals surface area contributed by atoms with Gasteiger partial charge in [-0.05, 0) is 49.4 Å². The second-order valence-corrected chi connectivity index (χ2v) is 5.08. The third-order valence-electron chi connectivity index (χ3n) is 3.27. The molecule has 0 unspecified atom stereocenters. The first kappa shape index (κ1) is 17.2. The van der Waals surface area contributed by atoms with E-state index in [4.69, 9.17) is 4.74 Å². The summed E-state index contributed by atoms with van der Waals surface area (Å²) in [6.07, 6.45) is 0. The SMILES string of the molecule is CNC(=O)c1cccc(NC(=O)COc2ccc(C(C)=O)cc2)c1. The van der Waals surface area contributed by atoms with Gasteiger partial charge in [0.1, 0.15) is 5.75 Å². The molecule has 0 saturated heterocycles. The van der Waals surface area contributed by atoms with Crippen LogP contribution in [0.1, 0.15) is 27.6 Å². The number of carbonyl (C=O) groups is 3. The molecule has 0 aliphatic rings. The van der Waals surface area contributed by atoms with Gasteiger partial charge in [-0.2, -0.15) is 0 Å². The second kappa shape index (κ2) is 7.92. The zero-order valence-electron chi connectivity index (χ0n) is 13.5. The van der Waals surface area contributed by atoms with Gasteiger partial charge >= 0.3 is 0 Å². The molecule has 0 bridgehead atoms. The first-order valence-electron chi connectivity index (χ1n) is 7.35. The third kappa shape index (κ3) is 4.67. The fourth-order valence-electron chi connectivity index (χ4n) is 2.01. The van der Waals surface area contributed by atoms with Gasteiger partial charge in [0.05, 0.1) is 0 Å². The molecule has 0 aliphatic carbocycles. The summed E-state index contributed by atoms with van der Waals surface area (Å²) in [4.78, 5) is 34.7. The number of ketones is 1. The molecular formula is C18H18N2O4. The van der Waals surface area contributed by atoms with E-state index >= 15 is 0 Å². The second-order valence-electron chi connectivity index (χ2n) is 5.08. The van der Waals surface area contributed by atoms with Crippen molar-refractivity contribution in [3.05, 3.63) is 59.7 Å². The Morgan fingerprint density at radius 1 is 1.00 bits per heavy atom. The van der Waals surface area contributed by atoms with Gasteiger partial charge in [0.2, 0.25) is 0 Å². The first-order valence-corrected chi connectivity index (χ1v) is 7.35. The van der Waals surface area contributed by atoms with Crippen molar-refractivity contribution in [3.63, 3.8) is 0 Å². The van der Waals surface area contributed by atoms with E-state index < -0.39 is 0 Å². The fraction of sp³-hybridized carbons (Fsp3) is 0.167. The van der Waals surface area contributed by atoms with E-state index in [9.17, 15) is 14.4 Å². The number of Topliss-reactive ketones (excluding diaryl/α,β-unsaturated/α-hetero) is 1. The average molecular weight is 326 g/mol. The smallest absolute Gasteiger partial charge is 0.262 e. The highest BCUT2D eigenvalue weighted by molar-refractivity contribution is 5.97. The Kier molecular flexibility index (Phi) is 5.68. The van der Waals surface area contributed by atoms with Crippen molar-refractivity contribution < 1.29 is 19.1 Å². The molecule has 24 heavy (non-hydrogen) atoms. The predicted molar refractivity (Wildman–Crippen MR) is 90.4 cm³/mol. The van der Waals surface area contributed by atoms with Crippen molar-refractivity contribution in [2.45, 2.75) is 6.92 Å². The van der Waals surface area contributed by atoms with E-state index in [2.05, 4.69) is 10.6 Å². The van der Waals surface area contributed by atoms with Crippen LogP contribution in [0.5, 0.6) is 5.75 Å². The summed E-state index contributed by atoms with van der Waals surface area (Å²) in [5.41, 5.74) is 1.55. The summed E-state index contributed by atoms with van der Waals surface area (Å²) in [7, 11) is 1.54. The summed E-state index contributed by atoms with van der Waals surface area (Å²) in [5, 5.41) is 5.18. The van der Waals surface area contributed by atoms with Crippen molar-refractivity contribution in [1.29, 1.82) is 0 Å². The standard InChI is InChI=1S/C18H18N2O4/c1-12(21)13-6-8-16(9-7-13)24-11-17(22)20-15-5-3-4-14(10-15)18(23)19-2/h3-10H,11H2,1-2H3,(H,19,23)(H,20,22). The lowest BCUT2D eigenvalue weighted by molar-refractivity contribution is -0.118. The van der Waals surface area contributed by atoms with E-state index in [1.165, 1.54) is 6.92 Å². The number of amides is 2. The Bertz CT molecular complexity index is 754. The molecule has 2 aromatic rings. The van der Waals surface area contributed by atoms with Crippen LogP contribution in [0.15, 0.2) is 48.5 Å². The molecule has 0 fully saturated rings. The molecule has 0 heterocycles. The Morgan fingerprint density at radius 2 is 1.71 bits per heavy atom. The molecule has 0 atom stereocenters. The molecule has 6 nitrogen and oxygen atoms in total. The van der Waals surface area contributed by atoms with Gasteiger partial charge in [0.15, 0.2) is 12.4 Å². The molecule has 2 aromatic carbocycles. The van der Waals surface area contributed by atoms with Gasteiger partial charge in [0.25, 0.3) is 11.8 Å². The Hall–Kier alpha value is -3.15. The number of ether oxygens (including phenoxy) is 1. The molecule has 124 valence electrons. The summed E-state index contributed by atoms with van der Waals surface area (Å²) in [6, 6.07) is 13.2. The van der Waals surface area contributed by atoms with Gasteiger partial charge < -0.3 is 15.4 Å². The highest BCUT2D eigenvalue weighted by Gasteiger charge is 2.07. The lowest BCUT2D eigenvalue weighted by Gasteiger charge is -2.09. The zero-order chi connectivity index (χ0) is 17.5. The molecule has 2 rings (SSSR count). The van der Waals surface area contributed by atoms with Crippen LogP contribution in [0.3, 0.4) is 0 Å². The summed E-state index contributed by atoms with van der Waals surface area (Å²) in [5.74, 6) is -0.114. The van der Waals surface area contributed by atoms with Crippen molar-refractivity contribution in [2.75, 3.05) is 19.0 Å². The number of benzene rings is 2. The number of hydrogen-bond donors (Lipinski definition) is 2. The fourth-order valence-corrected chi connectivity index (χ4v) is 2.01. The Balaban J connectivity index is 1.91. The van der Waals surface area contributed by atoms with E-state index in [-0.39, 0.29) is 24.2 Å². The molecule has 0 aliphatic heterocycles. The number of anilines is 1. The maximum Gasteiger partial charge on any atom is 0.262 e. The molecule has 2 N–H and O–H groups in total. The van der Waals surface area contributed by atoms with Gasteiger partial charge in [-0.1, -0.05) is 6.07 Å². The monoisotopic (exact) mass is 326 g/mol. The number of rotatable bonds is 6. The van der Waals surface area contributed by atoms with E-state index in [0.717, 1.165) is 0 Å². The van der Waals surface area contributed by atoms with Crippen LogP contribution in [0.25, 0.3) is 0 Å². The Labute approximate surface area is 139 Å². The lowest BCUT2D eigenvalue weighted by atomic mass is 10.1. The Morgan fingerprint density at radius 3 is 2.33 bits per heavy atom. The average Bonchev–Trinajstić information content (AvgIpc) is 2.59. The van der Waals surface area contributed by atoms with Crippen LogP contribution in [0.4, 0.5) is 5.69 Å². The summed E-state index contributed by atoms with van der Waals surface area (Å²) in [6.45, 7) is 1.31. The van der Waals surface area contributed by atoms with Gasteiger partial charge in [-0.25, -0.2) is 0 Å². The van der Waals surface area contributed by atoms with Crippen molar-refractivity contribution in [1.82, 2.24) is 5.32 Å². The van der Waals surface area contributed by atoms with Crippen LogP contribution >= 0.6 is 0 Å². The summed E-state index contributed by atoms with van der Waals surface area (Å²) >= 11 is 0. The van der Waals surface area contributed by atoms with Gasteiger partial charge in [-0.3, -0.25) is 14.4 Å². The first-order chi connectivity index (χ1) is 11.5. The molecule has 2 amide bonds. The van der Waals surface area contributed by atoms with E-state index in [1.807, 2.05) is 0 Å². The number of carbonyl (C=O) groups excluding carboxylic acids is 3. The zero-order valence-corrected chi connectivity index (χ0v) is 13.5. The largest absolute Gasteiger partial charge is 0.484 e. The molecule has 6 heteroatoms. The lowest BCUT2D eigenvalue weighted by Crippen LogP contribution is -2.21. The minimum atomic E-state index is -0.347. The van der Waals surface area contributed by atoms with E-state index in [0.29, 0.717) is 22.6 Å². The maximum atomic E-state index is 11.9. The maximum absolute atomic E-state index is 11.9. The topological polar surface area (TPSA) is 84.5 Å². The minimum absolute atomic E-state index is 0.0321. The highest BCUT2D eigenvalue weighted by atomic mass is 16.5. The molecule has 0 aromatic heterocycles. The van der Waals surface area contributed by atoms with Gasteiger partial charge in [-0.15, -0.1) is 0 Å². The van der Waals surface area contributed by atoms with Crippen molar-refractivity contribution in [2.24, 2.45) is 0 Å². The van der Waals surface area contributed by atoms with Gasteiger partial charge in [0, 0.05) is 23.9 Å². The van der Waals surface area contributed by atoms with Crippen molar-refractivity contribution in [3.8, 4) is 5.75 Å². The van der Waals surface area contributed by atoms with Crippen LogP contribution in [-0.2, 0) is 4.79 Å². The minimum Gasteiger partial charge on any atom is -0.484 e. The molecule has 0 radical (unpaired) electrons. The predicted octanol–water partition coefficient (Wildman–Crippen LogP) is 2.27. The van der Waals surface area contributed by atoms with Crippen LogP contribution in [0.2, 0.25) is 0 Å². The van der Waals surface area contributed by atoms with Crippen LogP contribution in [-0.4, -0.2) is 31.3 Å². The normalized spacial score (nSPS) is 9.92. The van der Waals surface area contributed by atoms with Crippen molar-refractivity contribution >= 4 is 23.3 Å². The van der Waals surface area contributed by atoms with E-state index in [1.54, 1.807) is 55.6 Å². The summed E-state index contributed by atoms with van der Waals surface area (Å²) < 4.78 is 5.37. The number of hydrogen-bond acceptors (Lipinski definition) is 4. The highest BCUT2D eigenvalue weighted by Crippen LogP contribution is 2.13. The molecular weight excluding hydrogens is 308 g/mol. The number of nitrogens with one attached hydrogen (secondary N) is 2. The van der Waals surface area contributed by atoms with Crippen LogP contribution < -0.4 is 15.4 Å². The third-order valence-corrected chi connectivity index (χ3v) is 3.27. The molecule has 0 saturated carbocycles.